The van der Waals surface area contributed by atoms with Crippen LogP contribution >= 0.6 is 0 Å². The number of fused-ring (bicyclic) bond motifs is 1. The zero-order valence-corrected chi connectivity index (χ0v) is 17.7. The maximum atomic E-state index is 11.4. The third kappa shape index (κ3) is 4.59. The summed E-state index contributed by atoms with van der Waals surface area (Å²) in [4.78, 5) is 11.4. The summed E-state index contributed by atoms with van der Waals surface area (Å²) in [5.41, 5.74) is 2.66. The van der Waals surface area contributed by atoms with Crippen LogP contribution in [0.3, 0.4) is 0 Å². The van der Waals surface area contributed by atoms with Crippen LogP contribution in [-0.4, -0.2) is 35.5 Å². The van der Waals surface area contributed by atoms with Gasteiger partial charge in [-0.3, -0.25) is 0 Å². The third-order valence-corrected chi connectivity index (χ3v) is 4.52. The van der Waals surface area contributed by atoms with E-state index < -0.39 is 6.10 Å². The van der Waals surface area contributed by atoms with Crippen LogP contribution < -0.4 is 33.3 Å². The second kappa shape index (κ2) is 9.18. The van der Waals surface area contributed by atoms with Crippen LogP contribution in [0.1, 0.15) is 16.2 Å². The lowest BCUT2D eigenvalue weighted by molar-refractivity contribution is -0.652. The molecule has 2 aromatic carbocycles. The molecular weight excluding hydrogens is 459 g/mol. The first-order chi connectivity index (χ1) is 12.5. The molecule has 0 bridgehead atoms. The van der Waals surface area contributed by atoms with Crippen molar-refractivity contribution < 1.29 is 47.9 Å². The van der Waals surface area contributed by atoms with Gasteiger partial charge in [-0.2, -0.15) is 0 Å². The Morgan fingerprint density at radius 2 is 1.85 bits per heavy atom. The van der Waals surface area contributed by atoms with Crippen LogP contribution in [0, 0.1) is 6.92 Å². The number of aliphatic hydroxyl groups is 1. The highest BCUT2D eigenvalue weighted by Gasteiger charge is 2.21. The molecule has 0 saturated carbocycles. The van der Waals surface area contributed by atoms with Crippen LogP contribution in [-0.2, 0) is 18.3 Å². The first-order valence-corrected chi connectivity index (χ1v) is 8.44. The number of aromatic nitrogens is 2. The summed E-state index contributed by atoms with van der Waals surface area (Å²) in [7, 11) is 3.36. The van der Waals surface area contributed by atoms with Crippen molar-refractivity contribution in [2.24, 2.45) is 7.05 Å². The van der Waals surface area contributed by atoms with E-state index >= 15 is 0 Å². The van der Waals surface area contributed by atoms with Gasteiger partial charge in [-0.15, -0.1) is 0 Å². The summed E-state index contributed by atoms with van der Waals surface area (Å²) in [6.45, 7) is 2.62. The van der Waals surface area contributed by atoms with Crippen LogP contribution in [0.4, 0.5) is 0 Å². The summed E-state index contributed by atoms with van der Waals surface area (Å²) >= 11 is 0. The van der Waals surface area contributed by atoms with Gasteiger partial charge < -0.3 is 38.6 Å². The van der Waals surface area contributed by atoms with E-state index in [9.17, 15) is 9.90 Å². The maximum absolute atomic E-state index is 11.4. The van der Waals surface area contributed by atoms with E-state index in [-0.39, 0.29) is 36.6 Å². The molecule has 27 heavy (non-hydrogen) atoms. The molecule has 0 spiro atoms. The highest BCUT2D eigenvalue weighted by atomic mass is 127. The Hall–Kier alpha value is -2.13. The first kappa shape index (κ1) is 21.2. The lowest BCUT2D eigenvalue weighted by Gasteiger charge is -2.12. The zero-order chi connectivity index (χ0) is 18.7. The molecule has 1 unspecified atom stereocenters. The van der Waals surface area contributed by atoms with Crippen molar-refractivity contribution in [2.75, 3.05) is 13.7 Å². The predicted molar refractivity (Wildman–Crippen MR) is 97.1 cm³/mol. The summed E-state index contributed by atoms with van der Waals surface area (Å²) in [6, 6.07) is 14.7. The average Bonchev–Trinajstić information content (AvgIpc) is 2.91. The minimum Gasteiger partial charge on any atom is -1.00 e. The minimum absolute atomic E-state index is 0. The van der Waals surface area contributed by atoms with Gasteiger partial charge in [-0.05, 0) is 36.4 Å². The summed E-state index contributed by atoms with van der Waals surface area (Å²) in [5, 5.41) is 10.4. The van der Waals surface area contributed by atoms with Crippen LogP contribution in [0.25, 0.3) is 11.0 Å². The van der Waals surface area contributed by atoms with Crippen molar-refractivity contribution in [1.29, 1.82) is 0 Å². The number of imidazole rings is 1. The van der Waals surface area contributed by atoms with E-state index in [1.807, 2.05) is 32.2 Å². The normalized spacial score (nSPS) is 11.7. The zero-order valence-electron chi connectivity index (χ0n) is 15.6. The molecular formula is C20H23IN2O4. The molecule has 0 aliphatic heterocycles. The highest BCUT2D eigenvalue weighted by Crippen LogP contribution is 2.16. The van der Waals surface area contributed by atoms with E-state index in [1.54, 1.807) is 24.3 Å². The summed E-state index contributed by atoms with van der Waals surface area (Å²) < 4.78 is 14.5. The van der Waals surface area contributed by atoms with Gasteiger partial charge in [0, 0.05) is 6.92 Å². The summed E-state index contributed by atoms with van der Waals surface area (Å²) in [5.74, 6) is 1.27. The number of carbonyl (C=O) groups excluding carboxylic acids is 1. The Labute approximate surface area is 175 Å². The number of carbonyl (C=O) groups is 1. The van der Waals surface area contributed by atoms with Crippen LogP contribution in [0.15, 0.2) is 48.5 Å². The van der Waals surface area contributed by atoms with Gasteiger partial charge in [0.15, 0.2) is 11.0 Å². The minimum atomic E-state index is -0.662. The SMILES string of the molecule is COC(=O)c1ccc(OCC(O)Cn2c(C)[n+](C)c3ccccc32)cc1.[I-]. The van der Waals surface area contributed by atoms with Crippen molar-refractivity contribution in [3.63, 3.8) is 0 Å². The number of rotatable bonds is 6. The lowest BCUT2D eigenvalue weighted by Crippen LogP contribution is -3.00. The smallest absolute Gasteiger partial charge is 0.337 e. The number of aryl methyl sites for hydroxylation is 1. The van der Waals surface area contributed by atoms with Crippen molar-refractivity contribution in [3.8, 4) is 5.75 Å². The molecule has 144 valence electrons. The standard InChI is InChI=1S/C20H23N2O4.HI/c1-14-21(2)18-6-4-5-7-19(18)22(14)12-16(23)13-26-17-10-8-15(9-11-17)20(24)25-3;/h4-11,16,23H,12-13H2,1-3H3;1H/q+1;/p-1. The van der Waals surface area contributed by atoms with Gasteiger partial charge in [0.1, 0.15) is 25.0 Å². The molecule has 0 aliphatic rings. The fraction of sp³-hybridized carbons (Fsp3) is 0.300. The van der Waals surface area contributed by atoms with Gasteiger partial charge in [-0.1, -0.05) is 12.1 Å². The number of esters is 1. The highest BCUT2D eigenvalue weighted by molar-refractivity contribution is 5.89. The number of hydrogen-bond acceptors (Lipinski definition) is 4. The molecule has 0 aliphatic carbocycles. The Kier molecular flexibility index (Phi) is 7.20. The van der Waals surface area contributed by atoms with E-state index in [0.29, 0.717) is 17.9 Å². The molecule has 1 aromatic heterocycles. The number of benzene rings is 2. The van der Waals surface area contributed by atoms with E-state index in [0.717, 1.165) is 16.9 Å². The molecule has 7 heteroatoms. The van der Waals surface area contributed by atoms with Gasteiger partial charge in [0.25, 0.3) is 5.82 Å². The number of methoxy groups -OCH3 is 1. The number of aliphatic hydroxyl groups excluding tert-OH is 1. The Balaban J connectivity index is 0.00000261. The van der Waals surface area contributed by atoms with E-state index in [1.165, 1.54) is 7.11 Å². The maximum Gasteiger partial charge on any atom is 0.337 e. The largest absolute Gasteiger partial charge is 1.00 e. The van der Waals surface area contributed by atoms with Crippen LogP contribution in [0.2, 0.25) is 0 Å². The topological polar surface area (TPSA) is 64.6 Å². The molecule has 0 amide bonds. The first-order valence-electron chi connectivity index (χ1n) is 8.44. The monoisotopic (exact) mass is 482 g/mol. The fourth-order valence-corrected chi connectivity index (χ4v) is 3.00. The van der Waals surface area contributed by atoms with E-state index in [2.05, 4.69) is 19.9 Å². The quantitative estimate of drug-likeness (QED) is 0.279. The second-order valence-electron chi connectivity index (χ2n) is 6.19. The molecule has 0 radical (unpaired) electrons. The van der Waals surface area contributed by atoms with Crippen molar-refractivity contribution in [3.05, 3.63) is 59.9 Å². The molecule has 6 nitrogen and oxygen atoms in total. The molecule has 1 N–H and O–H groups in total. The Morgan fingerprint density at radius 3 is 2.52 bits per heavy atom. The summed E-state index contributed by atoms with van der Waals surface area (Å²) in [6.07, 6.45) is -0.662. The van der Waals surface area contributed by atoms with Crippen molar-refractivity contribution >= 4 is 17.0 Å². The van der Waals surface area contributed by atoms with E-state index in [4.69, 9.17) is 4.74 Å². The van der Waals surface area contributed by atoms with Gasteiger partial charge in [0.05, 0.1) is 19.7 Å². The number of hydrogen-bond donors (Lipinski definition) is 1. The van der Waals surface area contributed by atoms with Gasteiger partial charge in [-0.25, -0.2) is 13.9 Å². The van der Waals surface area contributed by atoms with Gasteiger partial charge >= 0.3 is 5.97 Å². The Morgan fingerprint density at radius 1 is 1.19 bits per heavy atom. The molecule has 0 saturated heterocycles. The molecule has 3 rings (SSSR count). The second-order valence-corrected chi connectivity index (χ2v) is 6.19. The van der Waals surface area contributed by atoms with Gasteiger partial charge in [0.2, 0.25) is 0 Å². The molecule has 3 aromatic rings. The number of nitrogens with zero attached hydrogens (tertiary/aromatic N) is 2. The number of para-hydroxylation sites is 2. The number of ether oxygens (including phenoxy) is 2. The van der Waals surface area contributed by atoms with Crippen molar-refractivity contribution in [1.82, 2.24) is 4.57 Å². The lowest BCUT2D eigenvalue weighted by atomic mass is 10.2. The molecule has 0 fully saturated rings. The Bertz CT molecular complexity index is 922. The van der Waals surface area contributed by atoms with Crippen LogP contribution in [0.5, 0.6) is 5.75 Å². The average molecular weight is 482 g/mol. The number of halogens is 1. The van der Waals surface area contributed by atoms with Crippen molar-refractivity contribution in [2.45, 2.75) is 19.6 Å². The molecule has 1 heterocycles. The third-order valence-electron chi connectivity index (χ3n) is 4.52. The molecule has 1 atom stereocenters. The fourth-order valence-electron chi connectivity index (χ4n) is 3.00. The predicted octanol–water partition coefficient (Wildman–Crippen LogP) is -0.995.